The average Bonchev–Trinajstić information content (AvgIpc) is 3.23. The molecular weight excluding hydrogens is 418 g/mol. The molecule has 1 aromatic heterocycles. The van der Waals surface area contributed by atoms with Crippen LogP contribution in [-0.2, 0) is 4.79 Å². The third-order valence-corrected chi connectivity index (χ3v) is 6.61. The summed E-state index contributed by atoms with van der Waals surface area (Å²) in [6.45, 7) is 6.20. The number of aromatic nitrogens is 1. The highest BCUT2D eigenvalue weighted by molar-refractivity contribution is 8.19. The number of nitrogens with two attached hydrogens (primary N) is 1. The van der Waals surface area contributed by atoms with Gasteiger partial charge in [-0.1, -0.05) is 43.7 Å². The monoisotopic (exact) mass is 445 g/mol. The van der Waals surface area contributed by atoms with Crippen molar-refractivity contribution >= 4 is 34.7 Å². The fourth-order valence-corrected chi connectivity index (χ4v) is 4.92. The van der Waals surface area contributed by atoms with Crippen LogP contribution < -0.4 is 10.6 Å². The minimum absolute atomic E-state index is 0.0525. The maximum atomic E-state index is 12.9. The number of aryl methyl sites for hydroxylation is 1. The molecule has 0 saturated carbocycles. The fraction of sp³-hybridized carbons (Fsp3) is 0.231. The van der Waals surface area contributed by atoms with E-state index in [-0.39, 0.29) is 17.2 Å². The molecule has 0 radical (unpaired) electrons. The summed E-state index contributed by atoms with van der Waals surface area (Å²) in [5.41, 5.74) is 12.0. The number of carbonyl (C=O) groups excluding carboxylic acids is 2. The molecular formula is C26H27N3O2S. The lowest BCUT2D eigenvalue weighted by molar-refractivity contribution is -0.113. The van der Waals surface area contributed by atoms with Gasteiger partial charge in [0.2, 0.25) is 0 Å². The third kappa shape index (κ3) is 4.16. The predicted octanol–water partition coefficient (Wildman–Crippen LogP) is 6.13. The topological polar surface area (TPSA) is 68.3 Å². The molecule has 1 saturated heterocycles. The van der Waals surface area contributed by atoms with Crippen molar-refractivity contribution in [2.75, 3.05) is 4.90 Å². The van der Waals surface area contributed by atoms with Gasteiger partial charge in [0, 0.05) is 23.1 Å². The summed E-state index contributed by atoms with van der Waals surface area (Å²) in [5.74, 6) is -0.287. The minimum atomic E-state index is -0.287. The summed E-state index contributed by atoms with van der Waals surface area (Å²) in [6, 6.07) is 19.4. The van der Waals surface area contributed by atoms with Crippen LogP contribution in [0.15, 0.2) is 65.6 Å². The number of benzene rings is 2. The fourth-order valence-electron chi connectivity index (χ4n) is 4.09. The van der Waals surface area contributed by atoms with Gasteiger partial charge >= 0.3 is 0 Å². The second-order valence-corrected chi connectivity index (χ2v) is 8.99. The van der Waals surface area contributed by atoms with Gasteiger partial charge in [-0.2, -0.15) is 0 Å². The summed E-state index contributed by atoms with van der Waals surface area (Å²) < 4.78 is 2.16. The van der Waals surface area contributed by atoms with E-state index >= 15 is 0 Å². The zero-order valence-electron chi connectivity index (χ0n) is 18.5. The Balaban J connectivity index is 1.63. The molecule has 1 unspecified atom stereocenters. The van der Waals surface area contributed by atoms with Crippen LogP contribution in [-0.4, -0.2) is 15.7 Å². The molecule has 32 heavy (non-hydrogen) atoms. The first-order chi connectivity index (χ1) is 15.4. The first kappa shape index (κ1) is 22.1. The van der Waals surface area contributed by atoms with Gasteiger partial charge in [0.15, 0.2) is 0 Å². The standard InChI is InChI=1S/C26H27N3O2S/c1-4-8-23(27)19-11-13-22(14-12-19)28-17(2)15-20(18(28)3)16-24-25(30)29(26(31)32-24)21-9-6-5-7-10-21/h5-7,9-16,23H,4,8,27H2,1-3H3/b24-16+. The summed E-state index contributed by atoms with van der Waals surface area (Å²) in [5, 5.41) is -0.278. The van der Waals surface area contributed by atoms with E-state index in [4.69, 9.17) is 5.73 Å². The molecule has 1 aliphatic heterocycles. The number of anilines is 1. The van der Waals surface area contributed by atoms with Gasteiger partial charge in [-0.05, 0) is 79.6 Å². The normalized spacial score (nSPS) is 16.2. The molecule has 1 atom stereocenters. The van der Waals surface area contributed by atoms with Gasteiger partial charge < -0.3 is 10.3 Å². The number of thioether (sulfide) groups is 1. The summed E-state index contributed by atoms with van der Waals surface area (Å²) >= 11 is 0.976. The zero-order valence-corrected chi connectivity index (χ0v) is 19.4. The van der Waals surface area contributed by atoms with Gasteiger partial charge in [0.1, 0.15) is 0 Å². The van der Waals surface area contributed by atoms with Crippen molar-refractivity contribution in [2.45, 2.75) is 39.7 Å². The Bertz CT molecular complexity index is 1180. The molecule has 0 aliphatic carbocycles. The van der Waals surface area contributed by atoms with Crippen molar-refractivity contribution in [3.8, 4) is 5.69 Å². The van der Waals surface area contributed by atoms with E-state index in [1.54, 1.807) is 12.1 Å². The predicted molar refractivity (Wildman–Crippen MR) is 132 cm³/mol. The van der Waals surface area contributed by atoms with Gasteiger partial charge in [-0.3, -0.25) is 9.59 Å². The van der Waals surface area contributed by atoms with Crippen LogP contribution in [0.2, 0.25) is 0 Å². The van der Waals surface area contributed by atoms with Crippen molar-refractivity contribution in [3.05, 3.63) is 88.1 Å². The van der Waals surface area contributed by atoms with Crippen LogP contribution >= 0.6 is 11.8 Å². The first-order valence-corrected chi connectivity index (χ1v) is 11.6. The van der Waals surface area contributed by atoms with Gasteiger partial charge in [-0.15, -0.1) is 0 Å². The van der Waals surface area contributed by atoms with Crippen LogP contribution in [0.3, 0.4) is 0 Å². The number of rotatable bonds is 6. The molecule has 2 N–H and O–H groups in total. The number of para-hydroxylation sites is 1. The number of hydrogen-bond donors (Lipinski definition) is 1. The van der Waals surface area contributed by atoms with Gasteiger partial charge in [0.05, 0.1) is 10.6 Å². The Morgan fingerprint density at radius 3 is 2.34 bits per heavy atom. The van der Waals surface area contributed by atoms with Crippen LogP contribution in [0, 0.1) is 13.8 Å². The number of nitrogens with zero attached hydrogens (tertiary/aromatic N) is 2. The largest absolute Gasteiger partial charge is 0.324 e. The van der Waals surface area contributed by atoms with Crippen LogP contribution in [0.25, 0.3) is 11.8 Å². The van der Waals surface area contributed by atoms with E-state index in [0.717, 1.165) is 52.8 Å². The van der Waals surface area contributed by atoms with Crippen LogP contribution in [0.1, 0.15) is 48.3 Å². The van der Waals surface area contributed by atoms with Crippen LogP contribution in [0.4, 0.5) is 10.5 Å². The van der Waals surface area contributed by atoms with Crippen molar-refractivity contribution in [2.24, 2.45) is 5.73 Å². The van der Waals surface area contributed by atoms with E-state index in [2.05, 4.69) is 35.8 Å². The summed E-state index contributed by atoms with van der Waals surface area (Å²) in [6.07, 6.45) is 3.83. The van der Waals surface area contributed by atoms with E-state index in [1.807, 2.05) is 44.2 Å². The van der Waals surface area contributed by atoms with E-state index < -0.39 is 0 Å². The highest BCUT2D eigenvalue weighted by Crippen LogP contribution is 2.36. The van der Waals surface area contributed by atoms with Crippen LogP contribution in [0.5, 0.6) is 0 Å². The van der Waals surface area contributed by atoms with Gasteiger partial charge in [0.25, 0.3) is 11.1 Å². The van der Waals surface area contributed by atoms with E-state index in [1.165, 1.54) is 4.90 Å². The Morgan fingerprint density at radius 1 is 1.00 bits per heavy atom. The maximum Gasteiger partial charge on any atom is 0.298 e. The van der Waals surface area contributed by atoms with E-state index in [9.17, 15) is 9.59 Å². The van der Waals surface area contributed by atoms with Crippen molar-refractivity contribution in [1.82, 2.24) is 4.57 Å². The molecule has 2 amide bonds. The lowest BCUT2D eigenvalue weighted by Crippen LogP contribution is -2.27. The molecule has 3 aromatic rings. The lowest BCUT2D eigenvalue weighted by Gasteiger charge is -2.14. The molecule has 0 bridgehead atoms. The third-order valence-electron chi connectivity index (χ3n) is 5.74. The number of imide groups is 1. The number of amides is 2. The SMILES string of the molecule is CCCC(N)c1ccc(-n2c(C)cc(/C=C3/SC(=O)N(c4ccccc4)C3=O)c2C)cc1. The molecule has 0 spiro atoms. The smallest absolute Gasteiger partial charge is 0.298 e. The summed E-state index contributed by atoms with van der Waals surface area (Å²) in [7, 11) is 0. The minimum Gasteiger partial charge on any atom is -0.324 e. The molecule has 164 valence electrons. The highest BCUT2D eigenvalue weighted by Gasteiger charge is 2.36. The Labute approximate surface area is 192 Å². The molecule has 1 aliphatic rings. The van der Waals surface area contributed by atoms with E-state index in [0.29, 0.717) is 10.6 Å². The Kier molecular flexibility index (Phi) is 6.35. The summed E-state index contributed by atoms with van der Waals surface area (Å²) in [4.78, 5) is 27.1. The first-order valence-electron chi connectivity index (χ1n) is 10.8. The Morgan fingerprint density at radius 2 is 1.69 bits per heavy atom. The molecule has 5 nitrogen and oxygen atoms in total. The second-order valence-electron chi connectivity index (χ2n) is 8.00. The maximum absolute atomic E-state index is 12.9. The van der Waals surface area contributed by atoms with Gasteiger partial charge in [-0.25, -0.2) is 4.90 Å². The zero-order chi connectivity index (χ0) is 22.8. The van der Waals surface area contributed by atoms with Crippen molar-refractivity contribution < 1.29 is 9.59 Å². The molecule has 1 fully saturated rings. The number of hydrogen-bond acceptors (Lipinski definition) is 4. The molecule has 2 heterocycles. The molecule has 2 aromatic carbocycles. The lowest BCUT2D eigenvalue weighted by atomic mass is 10.0. The second kappa shape index (κ2) is 9.18. The molecule has 6 heteroatoms. The van der Waals surface area contributed by atoms with Crippen molar-refractivity contribution in [3.63, 3.8) is 0 Å². The quantitative estimate of drug-likeness (QED) is 0.463. The Hall–Kier alpha value is -3.09. The average molecular weight is 446 g/mol. The molecule has 4 rings (SSSR count). The highest BCUT2D eigenvalue weighted by atomic mass is 32.2. The van der Waals surface area contributed by atoms with Crippen molar-refractivity contribution in [1.29, 1.82) is 0 Å². The number of carbonyl (C=O) groups is 2.